The Morgan fingerprint density at radius 3 is 2.95 bits per heavy atom. The van der Waals surface area contributed by atoms with Crippen LogP contribution in [0.25, 0.3) is 10.9 Å². The van der Waals surface area contributed by atoms with E-state index in [0.717, 1.165) is 35.9 Å². The summed E-state index contributed by atoms with van der Waals surface area (Å²) in [4.78, 5) is 12.1. The first-order chi connectivity index (χ1) is 9.70. The van der Waals surface area contributed by atoms with Crippen LogP contribution in [0.3, 0.4) is 0 Å². The average Bonchev–Trinajstić information content (AvgIpc) is 2.92. The fraction of sp³-hybridized carbons (Fsp3) is 0.438. The maximum absolute atomic E-state index is 12.1. The van der Waals surface area contributed by atoms with Crippen molar-refractivity contribution >= 4 is 16.6 Å². The van der Waals surface area contributed by atoms with E-state index >= 15 is 0 Å². The standard InChI is InChI=1S/C16H20N2O2/c1-18-15-8-3-2-6-12(15)14(9-16(18)20)17-13-7-4-5-11(13)10-19/h2-3,6,8-9,11,13,17,19H,4-5,7,10H2,1H3. The minimum atomic E-state index is -0.00949. The molecular formula is C16H20N2O2. The zero-order valence-electron chi connectivity index (χ0n) is 11.7. The fourth-order valence-electron chi connectivity index (χ4n) is 3.18. The van der Waals surface area contributed by atoms with Crippen molar-refractivity contribution < 1.29 is 5.11 Å². The van der Waals surface area contributed by atoms with Crippen molar-refractivity contribution in [2.24, 2.45) is 13.0 Å². The van der Waals surface area contributed by atoms with E-state index in [2.05, 4.69) is 5.32 Å². The van der Waals surface area contributed by atoms with Gasteiger partial charge in [0.2, 0.25) is 0 Å². The highest BCUT2D eigenvalue weighted by molar-refractivity contribution is 5.91. The predicted molar refractivity (Wildman–Crippen MR) is 81.0 cm³/mol. The number of para-hydroxylation sites is 1. The monoisotopic (exact) mass is 272 g/mol. The number of hydrogen-bond acceptors (Lipinski definition) is 3. The van der Waals surface area contributed by atoms with E-state index in [1.165, 1.54) is 0 Å². The first-order valence-electron chi connectivity index (χ1n) is 7.17. The minimum Gasteiger partial charge on any atom is -0.396 e. The summed E-state index contributed by atoms with van der Waals surface area (Å²) in [5, 5.41) is 14.0. The van der Waals surface area contributed by atoms with E-state index in [1.54, 1.807) is 17.7 Å². The smallest absolute Gasteiger partial charge is 0.252 e. The van der Waals surface area contributed by atoms with Gasteiger partial charge in [0.15, 0.2) is 0 Å². The summed E-state index contributed by atoms with van der Waals surface area (Å²) in [6.07, 6.45) is 3.23. The lowest BCUT2D eigenvalue weighted by Crippen LogP contribution is -2.27. The van der Waals surface area contributed by atoms with E-state index in [1.807, 2.05) is 24.3 Å². The van der Waals surface area contributed by atoms with E-state index in [4.69, 9.17) is 0 Å². The van der Waals surface area contributed by atoms with Gasteiger partial charge in [-0.3, -0.25) is 4.79 Å². The van der Waals surface area contributed by atoms with Crippen molar-refractivity contribution in [3.63, 3.8) is 0 Å². The Labute approximate surface area is 118 Å². The van der Waals surface area contributed by atoms with Gasteiger partial charge in [-0.15, -0.1) is 0 Å². The third-order valence-corrected chi connectivity index (χ3v) is 4.39. The summed E-state index contributed by atoms with van der Waals surface area (Å²) in [7, 11) is 1.79. The molecule has 0 radical (unpaired) electrons. The summed E-state index contributed by atoms with van der Waals surface area (Å²) in [6, 6.07) is 9.83. The van der Waals surface area contributed by atoms with Gasteiger partial charge in [0.05, 0.1) is 5.52 Å². The minimum absolute atomic E-state index is 0.00949. The molecule has 2 unspecified atom stereocenters. The number of aliphatic hydroxyl groups excluding tert-OH is 1. The van der Waals surface area contributed by atoms with E-state index < -0.39 is 0 Å². The van der Waals surface area contributed by atoms with E-state index in [9.17, 15) is 9.90 Å². The molecule has 106 valence electrons. The van der Waals surface area contributed by atoms with E-state index in [0.29, 0.717) is 0 Å². The maximum atomic E-state index is 12.1. The number of aryl methyl sites for hydroxylation is 1. The molecule has 20 heavy (non-hydrogen) atoms. The van der Waals surface area contributed by atoms with Crippen molar-refractivity contribution in [1.29, 1.82) is 0 Å². The van der Waals surface area contributed by atoms with Crippen LogP contribution in [0.4, 0.5) is 5.69 Å². The topological polar surface area (TPSA) is 54.3 Å². The Hall–Kier alpha value is -1.81. The van der Waals surface area contributed by atoms with Gasteiger partial charge in [0.25, 0.3) is 5.56 Å². The van der Waals surface area contributed by atoms with Gasteiger partial charge in [-0.25, -0.2) is 0 Å². The van der Waals surface area contributed by atoms with Crippen molar-refractivity contribution in [1.82, 2.24) is 4.57 Å². The van der Waals surface area contributed by atoms with Gasteiger partial charge in [0.1, 0.15) is 0 Å². The van der Waals surface area contributed by atoms with Gasteiger partial charge >= 0.3 is 0 Å². The van der Waals surface area contributed by atoms with Crippen LogP contribution in [0.5, 0.6) is 0 Å². The summed E-state index contributed by atoms with van der Waals surface area (Å²) in [5.74, 6) is 0.290. The molecule has 0 saturated heterocycles. The van der Waals surface area contributed by atoms with Crippen molar-refractivity contribution in [3.8, 4) is 0 Å². The second-order valence-electron chi connectivity index (χ2n) is 5.60. The molecule has 4 heteroatoms. The van der Waals surface area contributed by atoms with Crippen LogP contribution >= 0.6 is 0 Å². The maximum Gasteiger partial charge on any atom is 0.252 e. The summed E-state index contributed by atoms with van der Waals surface area (Å²) in [5.41, 5.74) is 1.81. The number of nitrogens with one attached hydrogen (secondary N) is 1. The van der Waals surface area contributed by atoms with Crippen LogP contribution in [0.1, 0.15) is 19.3 Å². The van der Waals surface area contributed by atoms with Gasteiger partial charge < -0.3 is 15.0 Å². The fourth-order valence-corrected chi connectivity index (χ4v) is 3.18. The lowest BCUT2D eigenvalue weighted by molar-refractivity contribution is 0.222. The normalized spacial score (nSPS) is 22.3. The molecule has 1 saturated carbocycles. The third kappa shape index (κ3) is 2.20. The molecule has 0 bridgehead atoms. The Balaban J connectivity index is 2.03. The molecule has 0 amide bonds. The van der Waals surface area contributed by atoms with Crippen molar-refractivity contribution in [2.45, 2.75) is 25.3 Å². The molecule has 1 aromatic carbocycles. The number of hydrogen-bond donors (Lipinski definition) is 2. The second-order valence-corrected chi connectivity index (χ2v) is 5.60. The number of rotatable bonds is 3. The van der Waals surface area contributed by atoms with Crippen molar-refractivity contribution in [2.75, 3.05) is 11.9 Å². The van der Waals surface area contributed by atoms with Crippen LogP contribution < -0.4 is 10.9 Å². The lowest BCUT2D eigenvalue weighted by atomic mass is 10.0. The first-order valence-corrected chi connectivity index (χ1v) is 7.17. The number of fused-ring (bicyclic) bond motifs is 1. The third-order valence-electron chi connectivity index (χ3n) is 4.39. The van der Waals surface area contributed by atoms with E-state index in [-0.39, 0.29) is 24.1 Å². The highest BCUT2D eigenvalue weighted by Gasteiger charge is 2.26. The van der Waals surface area contributed by atoms with Crippen LogP contribution in [-0.4, -0.2) is 22.3 Å². The quantitative estimate of drug-likeness (QED) is 0.900. The number of benzene rings is 1. The Kier molecular flexibility index (Phi) is 3.49. The molecule has 4 nitrogen and oxygen atoms in total. The summed E-state index contributed by atoms with van der Waals surface area (Å²) >= 11 is 0. The molecule has 1 aromatic heterocycles. The second kappa shape index (κ2) is 5.29. The highest BCUT2D eigenvalue weighted by Crippen LogP contribution is 2.30. The number of pyridine rings is 1. The average molecular weight is 272 g/mol. The van der Waals surface area contributed by atoms with Crippen LogP contribution in [0, 0.1) is 5.92 Å². The predicted octanol–water partition coefficient (Wildman–Crippen LogP) is 2.11. The van der Waals surface area contributed by atoms with Crippen LogP contribution in [-0.2, 0) is 7.05 Å². The Morgan fingerprint density at radius 2 is 2.15 bits per heavy atom. The first kappa shape index (κ1) is 13.2. The van der Waals surface area contributed by atoms with Crippen LogP contribution in [0.2, 0.25) is 0 Å². The summed E-state index contributed by atoms with van der Waals surface area (Å²) < 4.78 is 1.67. The number of aromatic nitrogens is 1. The molecule has 0 spiro atoms. The summed E-state index contributed by atoms with van der Waals surface area (Å²) in [6.45, 7) is 0.209. The Bertz CT molecular complexity index is 678. The number of anilines is 1. The molecule has 2 atom stereocenters. The lowest BCUT2D eigenvalue weighted by Gasteiger charge is -2.21. The van der Waals surface area contributed by atoms with Crippen LogP contribution in [0.15, 0.2) is 35.1 Å². The zero-order valence-corrected chi connectivity index (χ0v) is 11.7. The molecule has 3 rings (SSSR count). The Morgan fingerprint density at radius 1 is 1.35 bits per heavy atom. The number of nitrogens with zero attached hydrogens (tertiary/aromatic N) is 1. The van der Waals surface area contributed by atoms with Gasteiger partial charge in [-0.2, -0.15) is 0 Å². The zero-order chi connectivity index (χ0) is 14.1. The van der Waals surface area contributed by atoms with Gasteiger partial charge in [-0.1, -0.05) is 24.6 Å². The van der Waals surface area contributed by atoms with Gasteiger partial charge in [-0.05, 0) is 18.9 Å². The SMILES string of the molecule is Cn1c(=O)cc(NC2CCCC2CO)c2ccccc21. The molecule has 1 aliphatic carbocycles. The highest BCUT2D eigenvalue weighted by atomic mass is 16.3. The molecule has 1 heterocycles. The molecule has 2 aromatic rings. The van der Waals surface area contributed by atoms with Crippen molar-refractivity contribution in [3.05, 3.63) is 40.7 Å². The largest absolute Gasteiger partial charge is 0.396 e. The molecule has 1 aliphatic rings. The molecule has 0 aliphatic heterocycles. The molecule has 2 N–H and O–H groups in total. The molecule has 1 fully saturated rings. The van der Waals surface area contributed by atoms with Gasteiger partial charge in [0, 0.05) is 42.8 Å². The molecular weight excluding hydrogens is 252 g/mol. The number of aliphatic hydroxyl groups is 1.